The number of carbonyl (C=O) groups is 3. The van der Waals surface area contributed by atoms with E-state index in [0.717, 1.165) is 77.0 Å². The van der Waals surface area contributed by atoms with E-state index in [4.69, 9.17) is 9.84 Å². The molecule has 0 fully saturated rings. The minimum atomic E-state index is -1.02. The molecule has 0 radical (unpaired) electrons. The zero-order valence-electron chi connectivity index (χ0n) is 35.3. The molecule has 1 unspecified atom stereocenters. The molecule has 0 aliphatic rings. The topological polar surface area (TPSA) is 92.7 Å². The molecule has 312 valence electrons. The van der Waals surface area contributed by atoms with E-state index in [2.05, 4.69) is 67.8 Å². The van der Waals surface area contributed by atoms with Crippen LogP contribution in [0.3, 0.4) is 0 Å². The highest BCUT2D eigenvalue weighted by molar-refractivity contribution is 5.80. The summed E-state index contributed by atoms with van der Waals surface area (Å²) in [6.07, 6.45) is 55.5. The van der Waals surface area contributed by atoms with Crippen LogP contribution in [-0.4, -0.2) is 35.6 Å². The first-order valence-corrected chi connectivity index (χ1v) is 22.8. The molecule has 0 bridgehead atoms. The minimum absolute atomic E-state index is 0.0724. The Bertz CT molecular complexity index is 968. The average molecular weight is 756 g/mol. The Kier molecular flexibility index (Phi) is 41.0. The zero-order valence-corrected chi connectivity index (χ0v) is 35.3. The number of carboxylic acids is 1. The number of esters is 1. The summed E-state index contributed by atoms with van der Waals surface area (Å²) in [7, 11) is 0. The molecule has 0 heterocycles. The lowest BCUT2D eigenvalue weighted by atomic mass is 10.0. The van der Waals surface area contributed by atoms with Gasteiger partial charge in [0.2, 0.25) is 5.91 Å². The van der Waals surface area contributed by atoms with Crippen LogP contribution in [0.2, 0.25) is 0 Å². The number of carbonyl (C=O) groups excluding carboxylic acids is 2. The van der Waals surface area contributed by atoms with Gasteiger partial charge in [0.15, 0.2) is 0 Å². The first-order chi connectivity index (χ1) is 26.5. The van der Waals surface area contributed by atoms with Gasteiger partial charge in [0, 0.05) is 12.8 Å². The second-order valence-electron chi connectivity index (χ2n) is 15.3. The molecule has 54 heavy (non-hydrogen) atoms. The number of unbranched alkanes of at least 4 members (excludes halogenated alkanes) is 24. The third-order valence-electron chi connectivity index (χ3n) is 9.96. The lowest BCUT2D eigenvalue weighted by Gasteiger charge is -2.14. The number of hydrogen-bond donors (Lipinski definition) is 2. The highest BCUT2D eigenvalue weighted by Gasteiger charge is 2.11. The standard InChI is InChI=1S/C48H85NO5/c1-3-5-7-9-11-13-14-15-16-17-18-19-20-21-22-23-24-25-26-27-29-35-39-43-48(53)54-45(40-36-32-28-12-10-8-6-4-2)41-37-33-30-31-34-38-42-46(50)49-44-47(51)52/h12,14-15,17-18,28,36,40,45H,3-11,13,16,19-27,29-35,37-39,41-44H2,1-2H3,(H,49,50)(H,51,52)/b15-14-,18-17-,28-12-,40-36-. The van der Waals surface area contributed by atoms with Crippen molar-refractivity contribution >= 4 is 17.8 Å². The minimum Gasteiger partial charge on any atom is -0.480 e. The van der Waals surface area contributed by atoms with E-state index in [-0.39, 0.29) is 24.5 Å². The monoisotopic (exact) mass is 756 g/mol. The molecular weight excluding hydrogens is 671 g/mol. The van der Waals surface area contributed by atoms with Crippen LogP contribution in [0, 0.1) is 0 Å². The summed E-state index contributed by atoms with van der Waals surface area (Å²) in [6, 6.07) is 0. The van der Waals surface area contributed by atoms with Crippen molar-refractivity contribution in [1.29, 1.82) is 0 Å². The Morgan fingerprint density at radius 1 is 0.500 bits per heavy atom. The zero-order chi connectivity index (χ0) is 39.4. The van der Waals surface area contributed by atoms with Gasteiger partial charge in [0.05, 0.1) is 0 Å². The van der Waals surface area contributed by atoms with Gasteiger partial charge in [0.1, 0.15) is 12.6 Å². The van der Waals surface area contributed by atoms with Crippen molar-refractivity contribution in [2.75, 3.05) is 6.54 Å². The van der Waals surface area contributed by atoms with Crippen LogP contribution in [0.1, 0.15) is 226 Å². The second kappa shape index (κ2) is 43.1. The Labute approximate surface area is 333 Å². The number of aliphatic carboxylic acids is 1. The molecule has 0 spiro atoms. The lowest BCUT2D eigenvalue weighted by Crippen LogP contribution is -2.28. The maximum atomic E-state index is 12.7. The number of amides is 1. The predicted octanol–water partition coefficient (Wildman–Crippen LogP) is 14.2. The molecule has 0 aromatic rings. The number of ether oxygens (including phenoxy) is 1. The maximum absolute atomic E-state index is 12.7. The molecule has 0 saturated carbocycles. The Hall–Kier alpha value is -2.63. The van der Waals surface area contributed by atoms with Crippen LogP contribution in [0.5, 0.6) is 0 Å². The van der Waals surface area contributed by atoms with E-state index >= 15 is 0 Å². The average Bonchev–Trinajstić information content (AvgIpc) is 3.16. The fraction of sp³-hybridized carbons (Fsp3) is 0.771. The summed E-state index contributed by atoms with van der Waals surface area (Å²) in [6.45, 7) is 4.18. The van der Waals surface area contributed by atoms with Crippen molar-refractivity contribution in [3.63, 3.8) is 0 Å². The molecule has 2 N–H and O–H groups in total. The molecule has 6 nitrogen and oxygen atoms in total. The molecule has 0 rings (SSSR count). The molecule has 0 saturated heterocycles. The number of rotatable bonds is 41. The van der Waals surface area contributed by atoms with Gasteiger partial charge in [-0.2, -0.15) is 0 Å². The van der Waals surface area contributed by atoms with E-state index in [1.165, 1.54) is 122 Å². The summed E-state index contributed by atoms with van der Waals surface area (Å²) >= 11 is 0. The van der Waals surface area contributed by atoms with Crippen molar-refractivity contribution in [3.05, 3.63) is 48.6 Å². The molecule has 0 aromatic carbocycles. The van der Waals surface area contributed by atoms with Gasteiger partial charge in [-0.15, -0.1) is 0 Å². The molecule has 0 aromatic heterocycles. The van der Waals surface area contributed by atoms with Crippen LogP contribution in [0.15, 0.2) is 48.6 Å². The van der Waals surface area contributed by atoms with Crippen molar-refractivity contribution < 1.29 is 24.2 Å². The highest BCUT2D eigenvalue weighted by Crippen LogP contribution is 2.16. The quantitative estimate of drug-likeness (QED) is 0.0368. The summed E-state index contributed by atoms with van der Waals surface area (Å²) in [5.41, 5.74) is 0. The molecule has 6 heteroatoms. The molecule has 1 amide bonds. The summed E-state index contributed by atoms with van der Waals surface area (Å²) < 4.78 is 5.93. The largest absolute Gasteiger partial charge is 0.480 e. The number of nitrogens with one attached hydrogen (secondary N) is 1. The molecule has 0 aliphatic carbocycles. The van der Waals surface area contributed by atoms with Gasteiger partial charge < -0.3 is 15.2 Å². The third kappa shape index (κ3) is 42.1. The van der Waals surface area contributed by atoms with Crippen LogP contribution in [0.25, 0.3) is 0 Å². The van der Waals surface area contributed by atoms with Crippen LogP contribution < -0.4 is 5.32 Å². The highest BCUT2D eigenvalue weighted by atomic mass is 16.5. The van der Waals surface area contributed by atoms with E-state index in [1.807, 2.05) is 0 Å². The van der Waals surface area contributed by atoms with E-state index in [9.17, 15) is 14.4 Å². The van der Waals surface area contributed by atoms with Crippen LogP contribution >= 0.6 is 0 Å². The maximum Gasteiger partial charge on any atom is 0.322 e. The van der Waals surface area contributed by atoms with Gasteiger partial charge in [-0.1, -0.05) is 178 Å². The Morgan fingerprint density at radius 3 is 1.43 bits per heavy atom. The summed E-state index contributed by atoms with van der Waals surface area (Å²) in [5, 5.41) is 11.1. The fourth-order valence-electron chi connectivity index (χ4n) is 6.55. The SMILES string of the molecule is CCCCC/C=C\C/C=C\C(CCCCCCCCC(=O)NCC(=O)O)OC(=O)CCCCCCCCCCCCC/C=C\C/C=C\CCCCCCC. The van der Waals surface area contributed by atoms with Crippen LogP contribution in [-0.2, 0) is 19.1 Å². The Morgan fingerprint density at radius 2 is 0.907 bits per heavy atom. The van der Waals surface area contributed by atoms with Crippen molar-refractivity contribution in [3.8, 4) is 0 Å². The summed E-state index contributed by atoms with van der Waals surface area (Å²) in [5.74, 6) is -1.29. The van der Waals surface area contributed by atoms with Gasteiger partial charge in [-0.25, -0.2) is 0 Å². The van der Waals surface area contributed by atoms with E-state index in [0.29, 0.717) is 12.8 Å². The smallest absolute Gasteiger partial charge is 0.322 e. The first-order valence-electron chi connectivity index (χ1n) is 22.8. The molecule has 0 aliphatic heterocycles. The van der Waals surface area contributed by atoms with Gasteiger partial charge >= 0.3 is 11.9 Å². The third-order valence-corrected chi connectivity index (χ3v) is 9.96. The molecule has 1 atom stereocenters. The van der Waals surface area contributed by atoms with Gasteiger partial charge in [-0.3, -0.25) is 14.4 Å². The van der Waals surface area contributed by atoms with E-state index in [1.54, 1.807) is 0 Å². The van der Waals surface area contributed by atoms with Gasteiger partial charge in [0.25, 0.3) is 0 Å². The van der Waals surface area contributed by atoms with Crippen molar-refractivity contribution in [2.45, 2.75) is 232 Å². The lowest BCUT2D eigenvalue weighted by molar-refractivity contribution is -0.147. The second-order valence-corrected chi connectivity index (χ2v) is 15.3. The van der Waals surface area contributed by atoms with Crippen molar-refractivity contribution in [1.82, 2.24) is 5.32 Å². The first kappa shape index (κ1) is 51.4. The Balaban J connectivity index is 4.00. The number of allylic oxidation sites excluding steroid dienone is 7. The van der Waals surface area contributed by atoms with E-state index < -0.39 is 5.97 Å². The normalized spacial score (nSPS) is 12.5. The number of carboxylic acid groups (broad SMARTS) is 1. The van der Waals surface area contributed by atoms with Crippen LogP contribution in [0.4, 0.5) is 0 Å². The fourth-order valence-corrected chi connectivity index (χ4v) is 6.55. The van der Waals surface area contributed by atoms with Gasteiger partial charge in [-0.05, 0) is 83.1 Å². The predicted molar refractivity (Wildman–Crippen MR) is 231 cm³/mol. The molecular formula is C48H85NO5. The summed E-state index contributed by atoms with van der Waals surface area (Å²) in [4.78, 5) is 34.9. The number of hydrogen-bond acceptors (Lipinski definition) is 4. The van der Waals surface area contributed by atoms with Crippen molar-refractivity contribution in [2.24, 2.45) is 0 Å².